The van der Waals surface area contributed by atoms with Crippen molar-refractivity contribution in [1.29, 1.82) is 0 Å². The molecule has 2 aliphatic rings. The molecule has 2 heterocycles. The second kappa shape index (κ2) is 6.40. The third-order valence-corrected chi connectivity index (χ3v) is 5.73. The summed E-state index contributed by atoms with van der Waals surface area (Å²) in [5.74, 6) is 1.18. The van der Waals surface area contributed by atoms with Crippen LogP contribution in [0, 0.1) is 6.92 Å². The smallest absolute Gasteiger partial charge is 0.140 e. The molecule has 0 saturated heterocycles. The number of hydrogen-bond acceptors (Lipinski definition) is 2. The van der Waals surface area contributed by atoms with Gasteiger partial charge in [-0.15, -0.1) is 0 Å². The van der Waals surface area contributed by atoms with E-state index >= 15 is 0 Å². The molecule has 1 fully saturated rings. The van der Waals surface area contributed by atoms with E-state index in [0.717, 1.165) is 26.1 Å². The van der Waals surface area contributed by atoms with E-state index in [1.165, 1.54) is 46.7 Å². The van der Waals surface area contributed by atoms with Crippen molar-refractivity contribution in [3.63, 3.8) is 0 Å². The minimum absolute atomic E-state index is 0.653. The summed E-state index contributed by atoms with van der Waals surface area (Å²) in [6, 6.07) is 20.1. The number of aryl methyl sites for hydroxylation is 1. The highest BCUT2D eigenvalue weighted by Gasteiger charge is 2.33. The van der Waals surface area contributed by atoms with Gasteiger partial charge in [-0.3, -0.25) is 4.90 Å². The summed E-state index contributed by atoms with van der Waals surface area (Å²) in [5.41, 5.74) is 6.85. The summed E-state index contributed by atoms with van der Waals surface area (Å²) in [5, 5.41) is 0. The summed E-state index contributed by atoms with van der Waals surface area (Å²) in [6.07, 6.45) is 3.64. The predicted molar refractivity (Wildman–Crippen MR) is 105 cm³/mol. The van der Waals surface area contributed by atoms with Crippen LogP contribution in [0.1, 0.15) is 41.4 Å². The van der Waals surface area contributed by atoms with Gasteiger partial charge in [-0.05, 0) is 30.9 Å². The van der Waals surface area contributed by atoms with Crippen LogP contribution in [-0.2, 0) is 19.5 Å². The zero-order chi connectivity index (χ0) is 17.5. The first-order chi connectivity index (χ1) is 12.8. The minimum Gasteiger partial charge on any atom is -0.323 e. The molecular formula is C23H25N3. The van der Waals surface area contributed by atoms with Crippen LogP contribution < -0.4 is 0 Å². The Kier molecular flexibility index (Phi) is 3.90. The molecular weight excluding hydrogens is 318 g/mol. The fourth-order valence-corrected chi connectivity index (χ4v) is 4.12. The van der Waals surface area contributed by atoms with Crippen LogP contribution in [0.15, 0.2) is 54.6 Å². The standard InChI is InChI=1S/C23H25N3/c1-17-7-5-6-10-19(17)15-25-14-13-21-22(16-25)26(20-11-12-20)23(24-21)18-8-3-2-4-9-18/h2-10,20H,11-16H2,1H3. The molecule has 1 aliphatic heterocycles. The van der Waals surface area contributed by atoms with E-state index < -0.39 is 0 Å². The molecule has 0 atom stereocenters. The van der Waals surface area contributed by atoms with E-state index in [1.807, 2.05) is 0 Å². The Morgan fingerprint density at radius 2 is 1.77 bits per heavy atom. The molecule has 0 N–H and O–H groups in total. The van der Waals surface area contributed by atoms with Crippen LogP contribution in [0.5, 0.6) is 0 Å². The largest absolute Gasteiger partial charge is 0.323 e. The van der Waals surface area contributed by atoms with Crippen molar-refractivity contribution >= 4 is 0 Å². The van der Waals surface area contributed by atoms with Crippen LogP contribution >= 0.6 is 0 Å². The van der Waals surface area contributed by atoms with Gasteiger partial charge < -0.3 is 4.57 Å². The first kappa shape index (κ1) is 15.8. The molecule has 3 aromatic rings. The van der Waals surface area contributed by atoms with Crippen molar-refractivity contribution < 1.29 is 0 Å². The third-order valence-electron chi connectivity index (χ3n) is 5.73. The van der Waals surface area contributed by atoms with Gasteiger partial charge in [-0.2, -0.15) is 0 Å². The minimum atomic E-state index is 0.653. The van der Waals surface area contributed by atoms with Crippen LogP contribution in [0.2, 0.25) is 0 Å². The highest BCUT2D eigenvalue weighted by Crippen LogP contribution is 2.41. The Morgan fingerprint density at radius 1 is 1.00 bits per heavy atom. The zero-order valence-electron chi connectivity index (χ0n) is 15.4. The quantitative estimate of drug-likeness (QED) is 0.681. The molecule has 0 unspecified atom stereocenters. The van der Waals surface area contributed by atoms with Crippen LogP contribution in [0.3, 0.4) is 0 Å². The molecule has 2 aromatic carbocycles. The van der Waals surface area contributed by atoms with Crippen molar-refractivity contribution in [2.24, 2.45) is 0 Å². The van der Waals surface area contributed by atoms with Crippen molar-refractivity contribution in [3.05, 3.63) is 77.1 Å². The van der Waals surface area contributed by atoms with E-state index in [1.54, 1.807) is 0 Å². The van der Waals surface area contributed by atoms with E-state index in [-0.39, 0.29) is 0 Å². The lowest BCUT2D eigenvalue weighted by molar-refractivity contribution is 0.236. The van der Waals surface area contributed by atoms with Gasteiger partial charge in [0.2, 0.25) is 0 Å². The van der Waals surface area contributed by atoms with E-state index in [0.29, 0.717) is 6.04 Å². The molecule has 26 heavy (non-hydrogen) atoms. The van der Waals surface area contributed by atoms with Gasteiger partial charge >= 0.3 is 0 Å². The number of rotatable bonds is 4. The first-order valence-corrected chi connectivity index (χ1v) is 9.72. The van der Waals surface area contributed by atoms with Gasteiger partial charge in [0.1, 0.15) is 5.82 Å². The normalized spacial score (nSPS) is 17.3. The lowest BCUT2D eigenvalue weighted by atomic mass is 10.1. The number of imidazole rings is 1. The molecule has 1 saturated carbocycles. The lowest BCUT2D eigenvalue weighted by Crippen LogP contribution is -2.31. The van der Waals surface area contributed by atoms with Gasteiger partial charge in [0.05, 0.1) is 11.4 Å². The third kappa shape index (κ3) is 2.86. The van der Waals surface area contributed by atoms with E-state index in [4.69, 9.17) is 4.98 Å². The van der Waals surface area contributed by atoms with E-state index in [2.05, 4.69) is 71.0 Å². The SMILES string of the molecule is Cc1ccccc1CN1CCc2nc(-c3ccccc3)n(C3CC3)c2C1. The molecule has 5 rings (SSSR count). The molecule has 1 aromatic heterocycles. The van der Waals surface area contributed by atoms with Crippen molar-refractivity contribution in [2.75, 3.05) is 6.54 Å². The van der Waals surface area contributed by atoms with Gasteiger partial charge in [0.15, 0.2) is 0 Å². The molecule has 3 nitrogen and oxygen atoms in total. The predicted octanol–water partition coefficient (Wildman–Crippen LogP) is 4.75. The summed E-state index contributed by atoms with van der Waals surface area (Å²) in [4.78, 5) is 7.66. The molecule has 0 spiro atoms. The highest BCUT2D eigenvalue weighted by atomic mass is 15.2. The molecule has 3 heteroatoms. The number of nitrogens with zero attached hydrogens (tertiary/aromatic N) is 3. The number of aromatic nitrogens is 2. The van der Waals surface area contributed by atoms with Crippen molar-refractivity contribution in [1.82, 2.24) is 14.5 Å². The van der Waals surface area contributed by atoms with Crippen LogP contribution in [0.25, 0.3) is 11.4 Å². The molecule has 0 bridgehead atoms. The maximum Gasteiger partial charge on any atom is 0.140 e. The molecule has 1 aliphatic carbocycles. The van der Waals surface area contributed by atoms with Crippen molar-refractivity contribution in [3.8, 4) is 11.4 Å². The zero-order valence-corrected chi connectivity index (χ0v) is 15.4. The molecule has 0 radical (unpaired) electrons. The fraction of sp³-hybridized carbons (Fsp3) is 0.348. The molecule has 0 amide bonds. The van der Waals surface area contributed by atoms with Gasteiger partial charge in [-0.25, -0.2) is 4.98 Å². The Labute approximate surface area is 155 Å². The Balaban J connectivity index is 1.47. The lowest BCUT2D eigenvalue weighted by Gasteiger charge is -2.28. The van der Waals surface area contributed by atoms with Crippen molar-refractivity contribution in [2.45, 2.75) is 45.3 Å². The summed E-state index contributed by atoms with van der Waals surface area (Å²) in [7, 11) is 0. The summed E-state index contributed by atoms with van der Waals surface area (Å²) < 4.78 is 2.55. The Hall–Kier alpha value is -2.39. The highest BCUT2D eigenvalue weighted by molar-refractivity contribution is 5.57. The van der Waals surface area contributed by atoms with E-state index in [9.17, 15) is 0 Å². The average molecular weight is 343 g/mol. The van der Waals surface area contributed by atoms with Crippen LogP contribution in [0.4, 0.5) is 0 Å². The van der Waals surface area contributed by atoms with Crippen LogP contribution in [-0.4, -0.2) is 21.0 Å². The fourth-order valence-electron chi connectivity index (χ4n) is 4.12. The maximum atomic E-state index is 5.08. The number of hydrogen-bond donors (Lipinski definition) is 0. The first-order valence-electron chi connectivity index (χ1n) is 9.72. The number of fused-ring (bicyclic) bond motifs is 1. The molecule has 132 valence electrons. The average Bonchev–Trinajstić information content (AvgIpc) is 3.44. The maximum absolute atomic E-state index is 5.08. The summed E-state index contributed by atoms with van der Waals surface area (Å²) in [6.45, 7) is 5.35. The topological polar surface area (TPSA) is 21.1 Å². The summed E-state index contributed by atoms with van der Waals surface area (Å²) >= 11 is 0. The Bertz CT molecular complexity index is 922. The van der Waals surface area contributed by atoms with Gasteiger partial charge in [-0.1, -0.05) is 54.6 Å². The monoisotopic (exact) mass is 343 g/mol. The van der Waals surface area contributed by atoms with Gasteiger partial charge in [0, 0.05) is 37.7 Å². The number of benzene rings is 2. The second-order valence-corrected chi connectivity index (χ2v) is 7.68. The Morgan fingerprint density at radius 3 is 2.54 bits per heavy atom. The second-order valence-electron chi connectivity index (χ2n) is 7.68. The van der Waals surface area contributed by atoms with Gasteiger partial charge in [0.25, 0.3) is 0 Å².